The van der Waals surface area contributed by atoms with Crippen molar-refractivity contribution in [2.24, 2.45) is 0 Å². The van der Waals surface area contributed by atoms with E-state index in [1.54, 1.807) is 25.3 Å². The predicted octanol–water partition coefficient (Wildman–Crippen LogP) is 2.22. The van der Waals surface area contributed by atoms with E-state index in [0.29, 0.717) is 17.9 Å². The molecule has 1 aliphatic heterocycles. The van der Waals surface area contributed by atoms with Crippen LogP contribution in [0.1, 0.15) is 40.6 Å². The smallest absolute Gasteiger partial charge is 0.256 e. The Bertz CT molecular complexity index is 805. The van der Waals surface area contributed by atoms with Crippen molar-refractivity contribution in [1.29, 1.82) is 0 Å². The van der Waals surface area contributed by atoms with E-state index in [-0.39, 0.29) is 17.4 Å². The van der Waals surface area contributed by atoms with Crippen molar-refractivity contribution in [2.75, 3.05) is 19.3 Å². The maximum atomic E-state index is 12.9. The highest BCUT2D eigenvalue weighted by molar-refractivity contribution is 7.98. The van der Waals surface area contributed by atoms with E-state index in [9.17, 15) is 9.59 Å². The standard InChI is InChI=1S/C17H20N4O2S/c1-11-19-14(9-15(22)20-11)12-5-4-8-21(10-12)17(23)13-6-3-7-18-16(13)24-2/h3,6-7,9,12H,4-5,8,10H2,1-2H3,(H,19,20,22)/t12-/m1/s1. The van der Waals surface area contributed by atoms with Gasteiger partial charge in [-0.25, -0.2) is 9.97 Å². The van der Waals surface area contributed by atoms with E-state index in [2.05, 4.69) is 15.0 Å². The maximum absolute atomic E-state index is 12.9. The largest absolute Gasteiger partial charge is 0.338 e. The van der Waals surface area contributed by atoms with Crippen LogP contribution in [-0.4, -0.2) is 45.1 Å². The highest BCUT2D eigenvalue weighted by Gasteiger charge is 2.27. The van der Waals surface area contributed by atoms with Crippen LogP contribution in [0.5, 0.6) is 0 Å². The number of rotatable bonds is 3. The van der Waals surface area contributed by atoms with E-state index in [1.165, 1.54) is 11.8 Å². The minimum atomic E-state index is -0.141. The van der Waals surface area contributed by atoms with Crippen LogP contribution in [0.25, 0.3) is 0 Å². The van der Waals surface area contributed by atoms with E-state index in [1.807, 2.05) is 17.2 Å². The molecule has 2 aromatic rings. The zero-order chi connectivity index (χ0) is 17.1. The summed E-state index contributed by atoms with van der Waals surface area (Å²) in [5.41, 5.74) is 1.27. The Morgan fingerprint density at radius 3 is 3.04 bits per heavy atom. The van der Waals surface area contributed by atoms with E-state index >= 15 is 0 Å². The third kappa shape index (κ3) is 3.51. The molecule has 1 N–H and O–H groups in total. The van der Waals surface area contributed by atoms with Crippen molar-refractivity contribution >= 4 is 17.7 Å². The summed E-state index contributed by atoms with van der Waals surface area (Å²) in [5.74, 6) is 0.703. The van der Waals surface area contributed by atoms with Crippen LogP contribution in [0.15, 0.2) is 34.2 Å². The Balaban J connectivity index is 1.82. The van der Waals surface area contributed by atoms with Gasteiger partial charge < -0.3 is 9.88 Å². The van der Waals surface area contributed by atoms with Crippen molar-refractivity contribution < 1.29 is 4.79 Å². The van der Waals surface area contributed by atoms with Crippen molar-refractivity contribution in [1.82, 2.24) is 19.9 Å². The first kappa shape index (κ1) is 16.7. The summed E-state index contributed by atoms with van der Waals surface area (Å²) in [6, 6.07) is 5.15. The lowest BCUT2D eigenvalue weighted by atomic mass is 9.94. The van der Waals surface area contributed by atoms with Gasteiger partial charge in [-0.1, -0.05) is 0 Å². The maximum Gasteiger partial charge on any atom is 0.256 e. The Labute approximate surface area is 144 Å². The van der Waals surface area contributed by atoms with Gasteiger partial charge in [-0.05, 0) is 38.2 Å². The molecule has 0 saturated carbocycles. The van der Waals surface area contributed by atoms with Gasteiger partial charge in [0.25, 0.3) is 11.5 Å². The Morgan fingerprint density at radius 2 is 2.29 bits per heavy atom. The normalized spacial score (nSPS) is 17.8. The van der Waals surface area contributed by atoms with E-state index in [0.717, 1.165) is 30.1 Å². The number of nitrogens with one attached hydrogen (secondary N) is 1. The SMILES string of the molecule is CSc1ncccc1C(=O)N1CCC[C@@H](c2cc(=O)[nH]c(C)n2)C1. The molecule has 2 aromatic heterocycles. The summed E-state index contributed by atoms with van der Waals surface area (Å²) in [7, 11) is 0. The number of likely N-dealkylation sites (tertiary alicyclic amines) is 1. The Hall–Kier alpha value is -2.15. The fourth-order valence-corrected chi connectivity index (χ4v) is 3.64. The van der Waals surface area contributed by atoms with Gasteiger partial charge in [0.05, 0.1) is 11.3 Å². The van der Waals surface area contributed by atoms with Gasteiger partial charge in [-0.2, -0.15) is 0 Å². The number of thioether (sulfide) groups is 1. The first-order valence-corrected chi connectivity index (χ1v) is 9.17. The van der Waals surface area contributed by atoms with Crippen molar-refractivity contribution in [3.05, 3.63) is 51.8 Å². The highest BCUT2D eigenvalue weighted by Crippen LogP contribution is 2.27. The predicted molar refractivity (Wildman–Crippen MR) is 93.5 cm³/mol. The van der Waals surface area contributed by atoms with Crippen LogP contribution in [0, 0.1) is 6.92 Å². The number of aryl methyl sites for hydroxylation is 1. The molecule has 1 atom stereocenters. The third-order valence-electron chi connectivity index (χ3n) is 4.20. The summed E-state index contributed by atoms with van der Waals surface area (Å²) >= 11 is 1.47. The topological polar surface area (TPSA) is 79.0 Å². The Morgan fingerprint density at radius 1 is 1.46 bits per heavy atom. The molecule has 3 heterocycles. The average molecular weight is 344 g/mol. The van der Waals surface area contributed by atoms with Crippen LogP contribution in [0.4, 0.5) is 0 Å². The lowest BCUT2D eigenvalue weighted by molar-refractivity contribution is 0.0701. The number of hydrogen-bond acceptors (Lipinski definition) is 5. The monoisotopic (exact) mass is 344 g/mol. The molecule has 0 spiro atoms. The molecule has 6 nitrogen and oxygen atoms in total. The highest BCUT2D eigenvalue weighted by atomic mass is 32.2. The zero-order valence-corrected chi connectivity index (χ0v) is 14.6. The van der Waals surface area contributed by atoms with Gasteiger partial charge in [-0.15, -0.1) is 11.8 Å². The van der Waals surface area contributed by atoms with Gasteiger partial charge in [0.1, 0.15) is 10.9 Å². The van der Waals surface area contributed by atoms with Crippen LogP contribution in [-0.2, 0) is 0 Å². The molecule has 7 heteroatoms. The fraction of sp³-hybridized carbons (Fsp3) is 0.412. The van der Waals surface area contributed by atoms with E-state index in [4.69, 9.17) is 0 Å². The van der Waals surface area contributed by atoms with Gasteiger partial charge in [0.2, 0.25) is 0 Å². The minimum Gasteiger partial charge on any atom is -0.338 e. The number of aromatic nitrogens is 3. The molecular formula is C17H20N4O2S. The number of piperidine rings is 1. The number of carbonyl (C=O) groups excluding carboxylic acids is 1. The number of pyridine rings is 1. The molecule has 1 aliphatic rings. The van der Waals surface area contributed by atoms with Crippen LogP contribution in [0.2, 0.25) is 0 Å². The molecular weight excluding hydrogens is 324 g/mol. The summed E-state index contributed by atoms with van der Waals surface area (Å²) in [6.07, 6.45) is 5.45. The number of nitrogens with zero attached hydrogens (tertiary/aromatic N) is 3. The number of amides is 1. The lowest BCUT2D eigenvalue weighted by Crippen LogP contribution is -2.39. The number of aromatic amines is 1. The molecule has 1 amide bonds. The van der Waals surface area contributed by atoms with E-state index < -0.39 is 0 Å². The lowest BCUT2D eigenvalue weighted by Gasteiger charge is -2.32. The van der Waals surface area contributed by atoms with Crippen LogP contribution in [0.3, 0.4) is 0 Å². The molecule has 0 unspecified atom stereocenters. The van der Waals surface area contributed by atoms with Gasteiger partial charge >= 0.3 is 0 Å². The second kappa shape index (κ2) is 7.17. The minimum absolute atomic E-state index is 0.00119. The molecule has 1 fully saturated rings. The van der Waals surface area contributed by atoms with Gasteiger partial charge in [0, 0.05) is 31.3 Å². The molecule has 0 bridgehead atoms. The van der Waals surface area contributed by atoms with Crippen LogP contribution < -0.4 is 5.56 Å². The Kier molecular flexibility index (Phi) is 4.99. The van der Waals surface area contributed by atoms with Crippen molar-refractivity contribution in [2.45, 2.75) is 30.7 Å². The van der Waals surface area contributed by atoms with Gasteiger partial charge in [0.15, 0.2) is 0 Å². The number of carbonyl (C=O) groups is 1. The zero-order valence-electron chi connectivity index (χ0n) is 13.8. The quantitative estimate of drug-likeness (QED) is 0.864. The average Bonchev–Trinajstić information content (AvgIpc) is 2.60. The summed E-state index contributed by atoms with van der Waals surface area (Å²) in [5, 5.41) is 0.745. The fourth-order valence-electron chi connectivity index (χ4n) is 3.10. The third-order valence-corrected chi connectivity index (χ3v) is 4.91. The number of H-pyrrole nitrogens is 1. The molecule has 24 heavy (non-hydrogen) atoms. The molecule has 126 valence electrons. The first-order valence-electron chi connectivity index (χ1n) is 7.94. The van der Waals surface area contributed by atoms with Gasteiger partial charge in [-0.3, -0.25) is 9.59 Å². The molecule has 1 saturated heterocycles. The number of hydrogen-bond donors (Lipinski definition) is 1. The second-order valence-electron chi connectivity index (χ2n) is 5.91. The molecule has 3 rings (SSSR count). The summed E-state index contributed by atoms with van der Waals surface area (Å²) in [6.45, 7) is 3.08. The first-order chi connectivity index (χ1) is 11.6. The summed E-state index contributed by atoms with van der Waals surface area (Å²) < 4.78 is 0. The molecule has 0 aromatic carbocycles. The second-order valence-corrected chi connectivity index (χ2v) is 6.70. The van der Waals surface area contributed by atoms with Crippen LogP contribution >= 0.6 is 11.8 Å². The summed E-state index contributed by atoms with van der Waals surface area (Å²) in [4.78, 5) is 37.8. The molecule has 0 aliphatic carbocycles. The van der Waals surface area contributed by atoms with Crippen molar-refractivity contribution in [3.8, 4) is 0 Å². The molecule has 0 radical (unpaired) electrons. The van der Waals surface area contributed by atoms with Crippen molar-refractivity contribution in [3.63, 3.8) is 0 Å².